The number of hydrogen-bond acceptors (Lipinski definition) is 5. The number of methoxy groups -OCH3 is 2. The van der Waals surface area contributed by atoms with Gasteiger partial charge in [0.2, 0.25) is 0 Å². The minimum atomic E-state index is -0.370. The molecule has 0 heterocycles. The molecule has 0 bridgehead atoms. The monoisotopic (exact) mass is 298 g/mol. The molecular weight excluding hydrogens is 284 g/mol. The summed E-state index contributed by atoms with van der Waals surface area (Å²) in [6, 6.07) is 6.03. The lowest BCUT2D eigenvalue weighted by molar-refractivity contribution is 0.0975. The molecule has 0 atom stereocenters. The van der Waals surface area contributed by atoms with Crippen molar-refractivity contribution in [2.24, 2.45) is 0 Å². The van der Waals surface area contributed by atoms with Gasteiger partial charge in [-0.15, -0.1) is 0 Å². The van der Waals surface area contributed by atoms with E-state index in [4.69, 9.17) is 9.47 Å². The molecular formula is C17H14O5. The second-order valence-corrected chi connectivity index (χ2v) is 5.09. The van der Waals surface area contributed by atoms with E-state index >= 15 is 0 Å². The normalized spacial score (nSPS) is 12.7. The summed E-state index contributed by atoms with van der Waals surface area (Å²) < 4.78 is 10.2. The van der Waals surface area contributed by atoms with E-state index in [1.54, 1.807) is 19.1 Å². The average molecular weight is 298 g/mol. The fraction of sp³-hybridized carbons (Fsp3) is 0.176. The Balaban J connectivity index is 2.32. The zero-order chi connectivity index (χ0) is 16.0. The van der Waals surface area contributed by atoms with Gasteiger partial charge in [-0.3, -0.25) is 9.59 Å². The van der Waals surface area contributed by atoms with Gasteiger partial charge in [0.1, 0.15) is 17.2 Å². The van der Waals surface area contributed by atoms with E-state index in [2.05, 4.69) is 0 Å². The minimum absolute atomic E-state index is 0.0200. The number of phenols is 1. The molecule has 0 unspecified atom stereocenters. The van der Waals surface area contributed by atoms with Crippen molar-refractivity contribution in [3.63, 3.8) is 0 Å². The number of ether oxygens (including phenoxy) is 2. The third-order valence-corrected chi connectivity index (χ3v) is 3.81. The van der Waals surface area contributed by atoms with Crippen LogP contribution in [0.15, 0.2) is 24.3 Å². The Labute approximate surface area is 127 Å². The molecule has 1 aliphatic carbocycles. The van der Waals surface area contributed by atoms with Gasteiger partial charge in [0, 0.05) is 22.8 Å². The Hall–Kier alpha value is -2.82. The van der Waals surface area contributed by atoms with Crippen LogP contribution in [0.4, 0.5) is 0 Å². The van der Waals surface area contributed by atoms with E-state index in [-0.39, 0.29) is 34.0 Å². The fourth-order valence-electron chi connectivity index (χ4n) is 2.76. The molecule has 0 spiro atoms. The predicted octanol–water partition coefficient (Wildman–Crippen LogP) is 2.49. The smallest absolute Gasteiger partial charge is 0.198 e. The van der Waals surface area contributed by atoms with Crippen LogP contribution >= 0.6 is 0 Å². The number of ketones is 2. The summed E-state index contributed by atoms with van der Waals surface area (Å²) in [6.45, 7) is 1.73. The third kappa shape index (κ3) is 1.86. The van der Waals surface area contributed by atoms with E-state index in [9.17, 15) is 14.7 Å². The summed E-state index contributed by atoms with van der Waals surface area (Å²) >= 11 is 0. The molecule has 0 radical (unpaired) electrons. The Bertz CT molecular complexity index is 755. The third-order valence-electron chi connectivity index (χ3n) is 3.81. The maximum absolute atomic E-state index is 12.7. The summed E-state index contributed by atoms with van der Waals surface area (Å²) in [5.74, 6) is -0.132. The van der Waals surface area contributed by atoms with E-state index in [0.717, 1.165) is 0 Å². The number of aromatic hydroxyl groups is 1. The van der Waals surface area contributed by atoms with E-state index in [1.165, 1.54) is 26.4 Å². The zero-order valence-electron chi connectivity index (χ0n) is 12.4. The van der Waals surface area contributed by atoms with Gasteiger partial charge in [-0.1, -0.05) is 0 Å². The highest BCUT2D eigenvalue weighted by atomic mass is 16.5. The Morgan fingerprint density at radius 1 is 0.818 bits per heavy atom. The molecule has 0 aliphatic heterocycles. The van der Waals surface area contributed by atoms with Crippen molar-refractivity contribution in [1.82, 2.24) is 0 Å². The van der Waals surface area contributed by atoms with Gasteiger partial charge in [0.15, 0.2) is 11.6 Å². The molecule has 0 amide bonds. The van der Waals surface area contributed by atoms with Gasteiger partial charge in [-0.2, -0.15) is 0 Å². The number of fused-ring (bicyclic) bond motifs is 2. The topological polar surface area (TPSA) is 72.8 Å². The summed E-state index contributed by atoms with van der Waals surface area (Å²) in [7, 11) is 2.93. The minimum Gasteiger partial charge on any atom is -0.507 e. The van der Waals surface area contributed by atoms with Gasteiger partial charge in [0.25, 0.3) is 0 Å². The number of hydrogen-bond donors (Lipinski definition) is 1. The van der Waals surface area contributed by atoms with E-state index in [0.29, 0.717) is 22.6 Å². The molecule has 0 saturated heterocycles. The number of phenolic OH excluding ortho intramolecular Hbond substituents is 1. The fourth-order valence-corrected chi connectivity index (χ4v) is 2.76. The first-order chi connectivity index (χ1) is 10.5. The highest BCUT2D eigenvalue weighted by Crippen LogP contribution is 2.38. The number of carbonyl (C=O) groups is 2. The Kier molecular flexibility index (Phi) is 3.13. The Morgan fingerprint density at radius 2 is 1.36 bits per heavy atom. The van der Waals surface area contributed by atoms with Crippen molar-refractivity contribution >= 4 is 11.6 Å². The van der Waals surface area contributed by atoms with Crippen LogP contribution in [-0.4, -0.2) is 30.9 Å². The SMILES string of the molecule is COc1cc(C)c2c(c1)C(=O)c1cc(OC)cc(O)c1C2=O. The quantitative estimate of drug-likeness (QED) is 0.787. The molecule has 5 heteroatoms. The summed E-state index contributed by atoms with van der Waals surface area (Å²) in [5.41, 5.74) is 1.38. The van der Waals surface area contributed by atoms with Crippen LogP contribution in [-0.2, 0) is 0 Å². The zero-order valence-corrected chi connectivity index (χ0v) is 12.4. The molecule has 1 N–H and O–H groups in total. The van der Waals surface area contributed by atoms with Crippen LogP contribution in [0.25, 0.3) is 0 Å². The first kappa shape index (κ1) is 14.1. The predicted molar refractivity (Wildman–Crippen MR) is 79.3 cm³/mol. The van der Waals surface area contributed by atoms with E-state index < -0.39 is 0 Å². The summed E-state index contributed by atoms with van der Waals surface area (Å²) in [6.07, 6.45) is 0. The maximum atomic E-state index is 12.7. The summed E-state index contributed by atoms with van der Waals surface area (Å²) in [4.78, 5) is 25.4. The second-order valence-electron chi connectivity index (χ2n) is 5.09. The van der Waals surface area contributed by atoms with Gasteiger partial charge >= 0.3 is 0 Å². The largest absolute Gasteiger partial charge is 0.507 e. The van der Waals surface area contributed by atoms with Crippen molar-refractivity contribution in [2.45, 2.75) is 6.92 Å². The van der Waals surface area contributed by atoms with Gasteiger partial charge in [0.05, 0.1) is 19.8 Å². The van der Waals surface area contributed by atoms with Gasteiger partial charge in [-0.05, 0) is 30.7 Å². The van der Waals surface area contributed by atoms with E-state index in [1.807, 2.05) is 0 Å². The molecule has 0 aromatic heterocycles. The lowest BCUT2D eigenvalue weighted by Gasteiger charge is -2.21. The van der Waals surface area contributed by atoms with Crippen LogP contribution in [0, 0.1) is 6.92 Å². The molecule has 3 rings (SSSR count). The van der Waals surface area contributed by atoms with Crippen LogP contribution in [0.1, 0.15) is 37.4 Å². The Morgan fingerprint density at radius 3 is 1.95 bits per heavy atom. The first-order valence-electron chi connectivity index (χ1n) is 6.67. The van der Waals surface area contributed by atoms with Crippen LogP contribution in [0.3, 0.4) is 0 Å². The van der Waals surface area contributed by atoms with Crippen molar-refractivity contribution in [2.75, 3.05) is 14.2 Å². The first-order valence-corrected chi connectivity index (χ1v) is 6.67. The lowest BCUT2D eigenvalue weighted by atomic mass is 9.81. The molecule has 112 valence electrons. The summed E-state index contributed by atoms with van der Waals surface area (Å²) in [5, 5.41) is 10.1. The van der Waals surface area contributed by atoms with Gasteiger partial charge < -0.3 is 14.6 Å². The number of rotatable bonds is 2. The van der Waals surface area contributed by atoms with Gasteiger partial charge in [-0.25, -0.2) is 0 Å². The molecule has 2 aromatic rings. The molecule has 1 aliphatic rings. The number of carbonyl (C=O) groups excluding carboxylic acids is 2. The lowest BCUT2D eigenvalue weighted by Crippen LogP contribution is -2.22. The second kappa shape index (κ2) is 4.87. The average Bonchev–Trinajstić information content (AvgIpc) is 2.50. The molecule has 0 fully saturated rings. The molecule has 22 heavy (non-hydrogen) atoms. The number of benzene rings is 2. The molecule has 5 nitrogen and oxygen atoms in total. The van der Waals surface area contributed by atoms with Crippen LogP contribution < -0.4 is 9.47 Å². The van der Waals surface area contributed by atoms with Crippen molar-refractivity contribution in [1.29, 1.82) is 0 Å². The highest BCUT2D eigenvalue weighted by Gasteiger charge is 2.34. The number of aryl methyl sites for hydroxylation is 1. The van der Waals surface area contributed by atoms with Crippen LogP contribution in [0.5, 0.6) is 17.2 Å². The molecule has 0 saturated carbocycles. The standard InChI is InChI=1S/C17H14O5/c1-8-4-9(21-2)5-11-14(8)17(20)15-12(16(11)19)6-10(22-3)7-13(15)18/h4-7,18H,1-3H3. The van der Waals surface area contributed by atoms with Crippen molar-refractivity contribution in [3.8, 4) is 17.2 Å². The molecule has 2 aromatic carbocycles. The van der Waals surface area contributed by atoms with Crippen LogP contribution in [0.2, 0.25) is 0 Å². The van der Waals surface area contributed by atoms with Crippen molar-refractivity contribution in [3.05, 3.63) is 52.1 Å². The highest BCUT2D eigenvalue weighted by molar-refractivity contribution is 6.30. The maximum Gasteiger partial charge on any atom is 0.198 e. The van der Waals surface area contributed by atoms with Crippen molar-refractivity contribution < 1.29 is 24.2 Å².